The molecule has 0 unspecified atom stereocenters. The van der Waals surface area contributed by atoms with Gasteiger partial charge in [-0.2, -0.15) is 13.2 Å². The van der Waals surface area contributed by atoms with Gasteiger partial charge in [0, 0.05) is 0 Å². The van der Waals surface area contributed by atoms with Crippen molar-refractivity contribution in [1.82, 2.24) is 4.90 Å². The zero-order valence-corrected chi connectivity index (χ0v) is 9.12. The molecule has 1 N–H and O–H groups in total. The minimum atomic E-state index is -4.43. The molecule has 1 heterocycles. The fourth-order valence-corrected chi connectivity index (χ4v) is 1.41. The van der Waals surface area contributed by atoms with Gasteiger partial charge in [-0.15, -0.1) is 0 Å². The summed E-state index contributed by atoms with van der Waals surface area (Å²) in [5.74, 6) is -0.995. The van der Waals surface area contributed by atoms with Crippen molar-refractivity contribution in [2.75, 3.05) is 13.1 Å². The summed E-state index contributed by atoms with van der Waals surface area (Å²) in [4.78, 5) is 11.2. The first-order chi connectivity index (χ1) is 7.76. The summed E-state index contributed by atoms with van der Waals surface area (Å²) >= 11 is 0. The number of hydrogen-bond donors (Lipinski definition) is 1. The lowest BCUT2D eigenvalue weighted by atomic mass is 10.3. The van der Waals surface area contributed by atoms with Crippen LogP contribution in [0.15, 0.2) is 16.7 Å². The quantitative estimate of drug-likeness (QED) is 0.870. The van der Waals surface area contributed by atoms with Gasteiger partial charge in [-0.05, 0) is 18.6 Å². The summed E-state index contributed by atoms with van der Waals surface area (Å²) in [5, 5.41) is 8.52. The van der Waals surface area contributed by atoms with E-state index in [0.29, 0.717) is 5.76 Å². The molecule has 17 heavy (non-hydrogen) atoms. The lowest BCUT2D eigenvalue weighted by Gasteiger charge is -2.20. The van der Waals surface area contributed by atoms with E-state index in [4.69, 9.17) is 9.52 Å². The third-order valence-corrected chi connectivity index (χ3v) is 1.93. The minimum Gasteiger partial charge on any atom is -0.480 e. The Morgan fingerprint density at radius 2 is 2.18 bits per heavy atom. The van der Waals surface area contributed by atoms with E-state index >= 15 is 0 Å². The lowest BCUT2D eigenvalue weighted by molar-refractivity contribution is -0.155. The number of carboxylic acid groups (broad SMARTS) is 1. The van der Waals surface area contributed by atoms with Crippen LogP contribution in [0, 0.1) is 6.92 Å². The molecule has 0 saturated carbocycles. The first-order valence-electron chi connectivity index (χ1n) is 4.81. The summed E-state index contributed by atoms with van der Waals surface area (Å²) in [6.07, 6.45) is -3.03. The molecule has 0 aromatic carbocycles. The van der Waals surface area contributed by atoms with Crippen LogP contribution in [-0.2, 0) is 11.3 Å². The number of rotatable bonds is 5. The van der Waals surface area contributed by atoms with Crippen LogP contribution in [0.5, 0.6) is 0 Å². The zero-order chi connectivity index (χ0) is 13.1. The topological polar surface area (TPSA) is 53.7 Å². The average Bonchev–Trinajstić information content (AvgIpc) is 2.46. The van der Waals surface area contributed by atoms with Crippen LogP contribution in [0.25, 0.3) is 0 Å². The SMILES string of the molecule is Cc1coc(CN(CC(=O)O)CC(F)(F)F)c1. The number of aryl methyl sites for hydroxylation is 1. The lowest BCUT2D eigenvalue weighted by Crippen LogP contribution is -2.37. The van der Waals surface area contributed by atoms with Gasteiger partial charge in [0.1, 0.15) is 5.76 Å². The Morgan fingerprint density at radius 1 is 1.53 bits per heavy atom. The zero-order valence-electron chi connectivity index (χ0n) is 9.12. The van der Waals surface area contributed by atoms with Crippen LogP contribution in [-0.4, -0.2) is 35.2 Å². The van der Waals surface area contributed by atoms with Crippen LogP contribution in [0.3, 0.4) is 0 Å². The fourth-order valence-electron chi connectivity index (χ4n) is 1.41. The van der Waals surface area contributed by atoms with E-state index in [2.05, 4.69) is 0 Å². The first-order valence-corrected chi connectivity index (χ1v) is 4.81. The maximum atomic E-state index is 12.2. The molecule has 0 aliphatic carbocycles. The molecule has 0 saturated heterocycles. The fraction of sp³-hybridized carbons (Fsp3) is 0.500. The van der Waals surface area contributed by atoms with E-state index in [9.17, 15) is 18.0 Å². The van der Waals surface area contributed by atoms with Crippen molar-refractivity contribution in [2.24, 2.45) is 0 Å². The molecule has 0 atom stereocenters. The minimum absolute atomic E-state index is 0.181. The molecule has 96 valence electrons. The van der Waals surface area contributed by atoms with Gasteiger partial charge in [0.05, 0.1) is 25.9 Å². The highest BCUT2D eigenvalue weighted by Gasteiger charge is 2.31. The second kappa shape index (κ2) is 5.22. The molecule has 1 rings (SSSR count). The molecule has 4 nitrogen and oxygen atoms in total. The van der Waals surface area contributed by atoms with Gasteiger partial charge < -0.3 is 9.52 Å². The highest BCUT2D eigenvalue weighted by Crippen LogP contribution is 2.18. The Bertz CT molecular complexity index is 386. The summed E-state index contributed by atoms with van der Waals surface area (Å²) in [6, 6.07) is 1.57. The van der Waals surface area contributed by atoms with Crippen LogP contribution < -0.4 is 0 Å². The van der Waals surface area contributed by atoms with Gasteiger partial charge >= 0.3 is 12.1 Å². The molecule has 1 aromatic rings. The van der Waals surface area contributed by atoms with Gasteiger partial charge in [-0.25, -0.2) is 0 Å². The molecule has 0 amide bonds. The van der Waals surface area contributed by atoms with Crippen molar-refractivity contribution >= 4 is 5.97 Å². The Hall–Kier alpha value is -1.50. The van der Waals surface area contributed by atoms with Gasteiger partial charge in [-0.1, -0.05) is 0 Å². The summed E-state index contributed by atoms with van der Waals surface area (Å²) in [5.41, 5.74) is 0.780. The Kier molecular flexibility index (Phi) is 4.17. The molecule has 7 heteroatoms. The predicted octanol–water partition coefficient (Wildman–Crippen LogP) is 2.04. The summed E-state index contributed by atoms with van der Waals surface area (Å²) in [6.45, 7) is -0.406. The second-order valence-corrected chi connectivity index (χ2v) is 3.74. The largest absolute Gasteiger partial charge is 0.480 e. The first kappa shape index (κ1) is 13.6. The Morgan fingerprint density at radius 3 is 2.59 bits per heavy atom. The van der Waals surface area contributed by atoms with Crippen molar-refractivity contribution < 1.29 is 27.5 Å². The number of nitrogens with zero attached hydrogens (tertiary/aromatic N) is 1. The van der Waals surface area contributed by atoms with Crippen LogP contribution >= 0.6 is 0 Å². The molecule has 0 fully saturated rings. The van der Waals surface area contributed by atoms with Crippen molar-refractivity contribution in [3.05, 3.63) is 23.7 Å². The van der Waals surface area contributed by atoms with E-state index in [1.54, 1.807) is 13.0 Å². The third-order valence-electron chi connectivity index (χ3n) is 1.93. The Labute approximate surface area is 95.6 Å². The molecule has 0 aliphatic heterocycles. The molecule has 0 aliphatic rings. The van der Waals surface area contributed by atoms with E-state index in [0.717, 1.165) is 10.5 Å². The molecular formula is C10H12F3NO3. The smallest absolute Gasteiger partial charge is 0.401 e. The van der Waals surface area contributed by atoms with Crippen molar-refractivity contribution in [1.29, 1.82) is 0 Å². The average molecular weight is 251 g/mol. The number of hydrogen-bond acceptors (Lipinski definition) is 3. The number of aliphatic carboxylic acids is 1. The molecular weight excluding hydrogens is 239 g/mol. The molecule has 0 spiro atoms. The number of alkyl halides is 3. The van der Waals surface area contributed by atoms with Crippen molar-refractivity contribution in [2.45, 2.75) is 19.6 Å². The number of furan rings is 1. The summed E-state index contributed by atoms with van der Waals surface area (Å²) in [7, 11) is 0. The third kappa shape index (κ3) is 5.39. The normalized spacial score (nSPS) is 12.1. The van der Waals surface area contributed by atoms with Gasteiger partial charge in [0.15, 0.2) is 0 Å². The Balaban J connectivity index is 2.66. The van der Waals surface area contributed by atoms with Crippen LogP contribution in [0.2, 0.25) is 0 Å². The monoisotopic (exact) mass is 251 g/mol. The molecule has 0 radical (unpaired) electrons. The van der Waals surface area contributed by atoms with Gasteiger partial charge in [0.25, 0.3) is 0 Å². The number of carbonyl (C=O) groups is 1. The van der Waals surface area contributed by atoms with Crippen molar-refractivity contribution in [3.8, 4) is 0 Å². The van der Waals surface area contributed by atoms with E-state index in [1.165, 1.54) is 6.26 Å². The van der Waals surface area contributed by atoms with Gasteiger partial charge in [-0.3, -0.25) is 9.69 Å². The second-order valence-electron chi connectivity index (χ2n) is 3.74. The number of halogens is 3. The van der Waals surface area contributed by atoms with E-state index < -0.39 is 25.2 Å². The standard InChI is InChI=1S/C10H12F3NO3/c1-7-2-8(17-5-7)3-14(4-9(15)16)6-10(11,12)13/h2,5H,3-4,6H2,1H3,(H,15,16). The maximum Gasteiger partial charge on any atom is 0.401 e. The maximum absolute atomic E-state index is 12.2. The number of carboxylic acids is 1. The van der Waals surface area contributed by atoms with E-state index in [-0.39, 0.29) is 6.54 Å². The molecule has 0 bridgehead atoms. The van der Waals surface area contributed by atoms with Gasteiger partial charge in [0.2, 0.25) is 0 Å². The summed E-state index contributed by atoms with van der Waals surface area (Å²) < 4.78 is 41.6. The predicted molar refractivity (Wildman–Crippen MR) is 52.4 cm³/mol. The van der Waals surface area contributed by atoms with Crippen LogP contribution in [0.4, 0.5) is 13.2 Å². The van der Waals surface area contributed by atoms with E-state index in [1.807, 2.05) is 0 Å². The highest BCUT2D eigenvalue weighted by atomic mass is 19.4. The highest BCUT2D eigenvalue weighted by molar-refractivity contribution is 5.69. The van der Waals surface area contributed by atoms with Crippen molar-refractivity contribution in [3.63, 3.8) is 0 Å². The van der Waals surface area contributed by atoms with Crippen LogP contribution in [0.1, 0.15) is 11.3 Å². The molecule has 1 aromatic heterocycles.